The van der Waals surface area contributed by atoms with E-state index in [2.05, 4.69) is 4.90 Å². The maximum Gasteiger partial charge on any atom is 0.314 e. The monoisotopic (exact) mass is 291 g/mol. The van der Waals surface area contributed by atoms with Crippen LogP contribution in [-0.4, -0.2) is 42.5 Å². The van der Waals surface area contributed by atoms with Gasteiger partial charge in [-0.25, -0.2) is 0 Å². The number of phenols is 1. The average Bonchev–Trinajstić information content (AvgIpc) is 2.99. The Labute approximate surface area is 124 Å². The summed E-state index contributed by atoms with van der Waals surface area (Å²) < 4.78 is 5.35. The van der Waals surface area contributed by atoms with E-state index in [9.17, 15) is 15.0 Å². The van der Waals surface area contributed by atoms with Gasteiger partial charge in [0.1, 0.15) is 5.75 Å². The van der Waals surface area contributed by atoms with Gasteiger partial charge >= 0.3 is 5.97 Å². The number of hydrogen-bond donors (Lipinski definition) is 2. The lowest BCUT2D eigenvalue weighted by Crippen LogP contribution is -2.37. The molecule has 0 spiro atoms. The second-order valence-corrected chi connectivity index (χ2v) is 5.90. The van der Waals surface area contributed by atoms with Crippen LogP contribution in [0.2, 0.25) is 0 Å². The zero-order valence-electron chi connectivity index (χ0n) is 12.0. The van der Waals surface area contributed by atoms with E-state index in [-0.39, 0.29) is 5.75 Å². The molecule has 1 saturated carbocycles. The minimum Gasteiger partial charge on any atom is -0.508 e. The molecule has 5 heteroatoms. The maximum absolute atomic E-state index is 11.8. The number of morpholine rings is 1. The summed E-state index contributed by atoms with van der Waals surface area (Å²) in [5, 5.41) is 19.9. The highest BCUT2D eigenvalue weighted by Crippen LogP contribution is 2.45. The molecule has 3 rings (SSSR count). The second-order valence-electron chi connectivity index (χ2n) is 5.90. The van der Waals surface area contributed by atoms with Gasteiger partial charge in [0.25, 0.3) is 0 Å². The van der Waals surface area contributed by atoms with Crippen LogP contribution in [0.4, 0.5) is 5.69 Å². The molecule has 1 aromatic rings. The lowest BCUT2D eigenvalue weighted by atomic mass is 9.78. The first-order valence-electron chi connectivity index (χ1n) is 7.53. The molecule has 0 atom stereocenters. The number of ether oxygens (including phenoxy) is 1. The molecule has 21 heavy (non-hydrogen) atoms. The van der Waals surface area contributed by atoms with Gasteiger partial charge in [-0.05, 0) is 31.0 Å². The smallest absolute Gasteiger partial charge is 0.314 e. The van der Waals surface area contributed by atoms with Gasteiger partial charge in [-0.1, -0.05) is 12.8 Å². The molecule has 0 radical (unpaired) electrons. The number of phenolic OH excluding ortho intramolecular Hbond substituents is 1. The van der Waals surface area contributed by atoms with Crippen LogP contribution in [0.25, 0.3) is 0 Å². The van der Waals surface area contributed by atoms with Crippen LogP contribution in [0.5, 0.6) is 5.75 Å². The number of carboxylic acids is 1. The van der Waals surface area contributed by atoms with E-state index in [4.69, 9.17) is 4.74 Å². The molecule has 0 unspecified atom stereocenters. The van der Waals surface area contributed by atoms with E-state index in [0.717, 1.165) is 31.6 Å². The van der Waals surface area contributed by atoms with Gasteiger partial charge in [0.05, 0.1) is 18.6 Å². The van der Waals surface area contributed by atoms with Crippen LogP contribution in [0.3, 0.4) is 0 Å². The fraction of sp³-hybridized carbons (Fsp3) is 0.562. The number of hydrogen-bond acceptors (Lipinski definition) is 4. The minimum absolute atomic E-state index is 0.0938. The summed E-state index contributed by atoms with van der Waals surface area (Å²) in [4.78, 5) is 14.0. The van der Waals surface area contributed by atoms with Gasteiger partial charge in [0, 0.05) is 24.3 Å². The van der Waals surface area contributed by atoms with Crippen molar-refractivity contribution in [3.8, 4) is 5.75 Å². The standard InChI is InChI=1S/C16H21NO4/c18-14-4-3-12(17-7-9-21-10-8-17)11-13(14)16(15(19)20)5-1-2-6-16/h3-4,11,18H,1-2,5-10H2,(H,19,20). The number of carboxylic acid groups (broad SMARTS) is 1. The van der Waals surface area contributed by atoms with Gasteiger partial charge in [0.15, 0.2) is 0 Å². The normalized spacial score (nSPS) is 21.4. The molecule has 0 bridgehead atoms. The number of carbonyl (C=O) groups is 1. The Hall–Kier alpha value is -1.75. The maximum atomic E-state index is 11.8. The summed E-state index contributed by atoms with van der Waals surface area (Å²) in [6, 6.07) is 5.35. The van der Waals surface area contributed by atoms with Crippen molar-refractivity contribution >= 4 is 11.7 Å². The lowest BCUT2D eigenvalue weighted by molar-refractivity contribution is -0.143. The summed E-state index contributed by atoms with van der Waals surface area (Å²) in [5.74, 6) is -0.731. The highest BCUT2D eigenvalue weighted by molar-refractivity contribution is 5.83. The zero-order valence-corrected chi connectivity index (χ0v) is 12.0. The van der Waals surface area contributed by atoms with Crippen molar-refractivity contribution in [2.75, 3.05) is 31.2 Å². The van der Waals surface area contributed by atoms with Gasteiger partial charge in [-0.15, -0.1) is 0 Å². The Morgan fingerprint density at radius 1 is 1.19 bits per heavy atom. The van der Waals surface area contributed by atoms with Crippen LogP contribution in [0.15, 0.2) is 18.2 Å². The van der Waals surface area contributed by atoms with E-state index < -0.39 is 11.4 Å². The van der Waals surface area contributed by atoms with Crippen molar-refractivity contribution < 1.29 is 19.7 Å². The van der Waals surface area contributed by atoms with Crippen molar-refractivity contribution in [3.05, 3.63) is 23.8 Å². The first kappa shape index (κ1) is 14.2. The third-order valence-corrected chi connectivity index (χ3v) is 4.74. The lowest BCUT2D eigenvalue weighted by Gasteiger charge is -2.31. The molecule has 2 N–H and O–H groups in total. The van der Waals surface area contributed by atoms with E-state index in [1.807, 2.05) is 12.1 Å². The number of benzene rings is 1. The number of nitrogens with zero attached hydrogens (tertiary/aromatic N) is 1. The molecule has 1 aromatic carbocycles. The number of anilines is 1. The summed E-state index contributed by atoms with van der Waals surface area (Å²) in [5.41, 5.74) is 0.613. The Bertz CT molecular complexity index is 531. The third-order valence-electron chi connectivity index (χ3n) is 4.74. The SMILES string of the molecule is O=C(O)C1(c2cc(N3CCOCC3)ccc2O)CCCC1. The second kappa shape index (κ2) is 5.56. The third kappa shape index (κ3) is 2.46. The minimum atomic E-state index is -0.924. The first-order chi connectivity index (χ1) is 10.1. The molecule has 5 nitrogen and oxygen atoms in total. The molecule has 1 heterocycles. The van der Waals surface area contributed by atoms with Crippen LogP contribution >= 0.6 is 0 Å². The molecular weight excluding hydrogens is 270 g/mol. The molecular formula is C16H21NO4. The molecule has 0 aromatic heterocycles. The molecule has 0 amide bonds. The molecule has 2 aliphatic rings. The fourth-order valence-electron chi connectivity index (χ4n) is 3.50. The molecule has 1 saturated heterocycles. The largest absolute Gasteiger partial charge is 0.508 e. The van der Waals surface area contributed by atoms with E-state index in [0.29, 0.717) is 31.6 Å². The summed E-state index contributed by atoms with van der Waals surface area (Å²) in [6.07, 6.45) is 2.99. The Morgan fingerprint density at radius 3 is 2.48 bits per heavy atom. The highest BCUT2D eigenvalue weighted by Gasteiger charge is 2.44. The van der Waals surface area contributed by atoms with Crippen molar-refractivity contribution in [1.29, 1.82) is 0 Å². The molecule has 1 aliphatic heterocycles. The number of aromatic hydroxyl groups is 1. The van der Waals surface area contributed by atoms with Gasteiger partial charge in [-0.2, -0.15) is 0 Å². The van der Waals surface area contributed by atoms with Gasteiger partial charge in [0.2, 0.25) is 0 Å². The topological polar surface area (TPSA) is 70.0 Å². The van der Waals surface area contributed by atoms with Crippen molar-refractivity contribution in [2.45, 2.75) is 31.1 Å². The molecule has 1 aliphatic carbocycles. The molecule has 114 valence electrons. The Balaban J connectivity index is 1.99. The zero-order chi connectivity index (χ0) is 14.9. The van der Waals surface area contributed by atoms with Crippen LogP contribution in [-0.2, 0) is 14.9 Å². The Kier molecular flexibility index (Phi) is 3.76. The van der Waals surface area contributed by atoms with Crippen molar-refractivity contribution in [3.63, 3.8) is 0 Å². The predicted molar refractivity (Wildman–Crippen MR) is 78.9 cm³/mol. The number of rotatable bonds is 3. The quantitative estimate of drug-likeness (QED) is 0.892. The van der Waals surface area contributed by atoms with E-state index >= 15 is 0 Å². The van der Waals surface area contributed by atoms with Crippen LogP contribution in [0, 0.1) is 0 Å². The highest BCUT2D eigenvalue weighted by atomic mass is 16.5. The predicted octanol–water partition coefficient (Wildman–Crippen LogP) is 2.13. The first-order valence-corrected chi connectivity index (χ1v) is 7.53. The summed E-state index contributed by atoms with van der Waals surface area (Å²) in [6.45, 7) is 2.95. The van der Waals surface area contributed by atoms with E-state index in [1.165, 1.54) is 0 Å². The summed E-state index contributed by atoms with van der Waals surface area (Å²) >= 11 is 0. The van der Waals surface area contributed by atoms with Crippen LogP contribution < -0.4 is 4.90 Å². The van der Waals surface area contributed by atoms with Gasteiger partial charge < -0.3 is 19.8 Å². The van der Waals surface area contributed by atoms with Crippen molar-refractivity contribution in [1.82, 2.24) is 0 Å². The molecule has 2 fully saturated rings. The van der Waals surface area contributed by atoms with Gasteiger partial charge in [-0.3, -0.25) is 4.79 Å². The van der Waals surface area contributed by atoms with Crippen LogP contribution in [0.1, 0.15) is 31.2 Å². The number of aliphatic carboxylic acids is 1. The van der Waals surface area contributed by atoms with Crippen molar-refractivity contribution in [2.24, 2.45) is 0 Å². The Morgan fingerprint density at radius 2 is 1.86 bits per heavy atom. The average molecular weight is 291 g/mol. The summed E-state index contributed by atoms with van der Waals surface area (Å²) in [7, 11) is 0. The van der Waals surface area contributed by atoms with E-state index in [1.54, 1.807) is 6.07 Å². The fourth-order valence-corrected chi connectivity index (χ4v) is 3.50.